The van der Waals surface area contributed by atoms with Crippen LogP contribution in [0.25, 0.3) is 0 Å². The lowest BCUT2D eigenvalue weighted by molar-refractivity contribution is -0.123. The fourth-order valence-corrected chi connectivity index (χ4v) is 6.88. The summed E-state index contributed by atoms with van der Waals surface area (Å²) in [6, 6.07) is 12.4. The second-order valence-electron chi connectivity index (χ2n) is 13.5. The minimum atomic E-state index is -0.515. The maximum absolute atomic E-state index is 15.0. The molecular weight excluding hydrogens is 527 g/mol. The Balaban J connectivity index is 1.42. The topological polar surface area (TPSA) is 58.6 Å². The maximum Gasteiger partial charge on any atom is 0.257 e. The Bertz CT molecular complexity index is 1350. The number of nitrogens with zero attached hydrogens (tertiary/aromatic N) is 1. The number of hydrogen-bond acceptors (Lipinski definition) is 3. The second kappa shape index (κ2) is 12.5. The molecule has 0 saturated carbocycles. The molecule has 5 atom stereocenters. The fourth-order valence-electron chi connectivity index (χ4n) is 6.88. The summed E-state index contributed by atoms with van der Waals surface area (Å²) in [5.74, 6) is -0.871. The van der Waals surface area contributed by atoms with E-state index in [4.69, 9.17) is 4.74 Å². The van der Waals surface area contributed by atoms with Crippen LogP contribution in [0.3, 0.4) is 0 Å². The smallest absolute Gasteiger partial charge is 0.257 e. The summed E-state index contributed by atoms with van der Waals surface area (Å²) in [4.78, 5) is 29.8. The third kappa shape index (κ3) is 6.70. The van der Waals surface area contributed by atoms with Crippen molar-refractivity contribution >= 4 is 17.5 Å². The van der Waals surface area contributed by atoms with E-state index in [0.29, 0.717) is 37.0 Å². The van der Waals surface area contributed by atoms with Crippen molar-refractivity contribution in [2.75, 3.05) is 18.5 Å². The van der Waals surface area contributed by atoms with Crippen LogP contribution < -0.4 is 5.32 Å². The number of ether oxygens (including phenoxy) is 1. The number of anilines is 1. The lowest BCUT2D eigenvalue weighted by atomic mass is 9.76. The first-order valence-electron chi connectivity index (χ1n) is 15.5. The molecule has 3 aliphatic rings. The minimum Gasteiger partial charge on any atom is -0.378 e. The Morgan fingerprint density at radius 1 is 1.14 bits per heavy atom. The molecule has 0 bridgehead atoms. The molecule has 0 spiro atoms. The normalized spacial score (nSPS) is 26.2. The van der Waals surface area contributed by atoms with Gasteiger partial charge in [-0.15, -0.1) is 0 Å². The molecule has 224 valence electrons. The molecule has 2 heterocycles. The zero-order valence-electron chi connectivity index (χ0n) is 25.7. The van der Waals surface area contributed by atoms with Crippen LogP contribution in [0.4, 0.5) is 10.1 Å². The van der Waals surface area contributed by atoms with Crippen LogP contribution in [0.2, 0.25) is 0 Å². The average Bonchev–Trinajstić information content (AvgIpc) is 3.36. The van der Waals surface area contributed by atoms with Gasteiger partial charge in [-0.1, -0.05) is 68.8 Å². The summed E-state index contributed by atoms with van der Waals surface area (Å²) in [6.45, 7) is 11.6. The molecule has 5 rings (SSSR count). The average molecular weight is 573 g/mol. The Morgan fingerprint density at radius 2 is 1.93 bits per heavy atom. The minimum absolute atomic E-state index is 0.0412. The summed E-state index contributed by atoms with van der Waals surface area (Å²) >= 11 is 0. The number of allylic oxidation sites excluding steroid dienone is 3. The molecule has 42 heavy (non-hydrogen) atoms. The van der Waals surface area contributed by atoms with E-state index in [1.54, 1.807) is 24.0 Å². The van der Waals surface area contributed by atoms with E-state index in [2.05, 4.69) is 57.3 Å². The molecule has 2 aliphatic heterocycles. The van der Waals surface area contributed by atoms with Gasteiger partial charge in [0, 0.05) is 18.2 Å². The third-order valence-corrected chi connectivity index (χ3v) is 9.17. The number of rotatable bonds is 6. The molecule has 2 amide bonds. The Morgan fingerprint density at radius 3 is 2.60 bits per heavy atom. The van der Waals surface area contributed by atoms with E-state index in [9.17, 15) is 9.59 Å². The van der Waals surface area contributed by atoms with Gasteiger partial charge in [0.05, 0.1) is 30.2 Å². The van der Waals surface area contributed by atoms with E-state index < -0.39 is 11.7 Å². The van der Waals surface area contributed by atoms with Crippen molar-refractivity contribution in [3.05, 3.63) is 88.8 Å². The van der Waals surface area contributed by atoms with Crippen LogP contribution in [0.1, 0.15) is 81.3 Å². The van der Waals surface area contributed by atoms with Gasteiger partial charge in [0.1, 0.15) is 5.82 Å². The van der Waals surface area contributed by atoms with Crippen molar-refractivity contribution in [2.45, 2.75) is 84.3 Å². The number of nitrogens with one attached hydrogen (secondary N) is 1. The molecular formula is C36H45FN2O3. The molecule has 2 aromatic rings. The van der Waals surface area contributed by atoms with Crippen LogP contribution >= 0.6 is 0 Å². The second-order valence-corrected chi connectivity index (χ2v) is 13.5. The lowest BCUT2D eigenvalue weighted by Gasteiger charge is -2.44. The van der Waals surface area contributed by atoms with Crippen LogP contribution in [0.15, 0.2) is 66.3 Å². The molecule has 2 saturated heterocycles. The molecule has 5 nitrogen and oxygen atoms in total. The number of hydrogen-bond donors (Lipinski definition) is 1. The molecule has 0 aromatic heterocycles. The number of likely N-dealkylation sites (tertiary alicyclic amines) is 1. The number of halogens is 1. The SMILES string of the molecule is Cc1cccc(F)c1C(=O)N1CCC[C@H](C(=O)Nc2cccc(C(C)(C)C)c2)[C@@H]1C1C=CC(CC2CO[C@@H](C)C2)=CC1. The Hall–Kier alpha value is -3.25. The van der Waals surface area contributed by atoms with Gasteiger partial charge >= 0.3 is 0 Å². The standard InChI is InChI=1S/C36H45FN2O3/c1-23-9-6-13-31(37)32(23)35(41)39-18-8-12-30(34(40)38-29-11-7-10-28(21-29)36(3,4)5)33(39)27-16-14-25(15-17-27)20-26-19-24(2)42-22-26/h6-7,9-11,13-16,21,24,26-27,30,33H,8,12,17-20,22H2,1-5H3,(H,38,40)/t24-,26?,27?,30-,33-/m0/s1. The molecule has 6 heteroatoms. The molecule has 1 aliphatic carbocycles. The summed E-state index contributed by atoms with van der Waals surface area (Å²) in [7, 11) is 0. The van der Waals surface area contributed by atoms with Crippen molar-refractivity contribution in [2.24, 2.45) is 17.8 Å². The first kappa shape index (κ1) is 30.2. The maximum atomic E-state index is 15.0. The van der Waals surface area contributed by atoms with Gasteiger partial charge < -0.3 is 15.0 Å². The number of carbonyl (C=O) groups excluding carboxylic acids is 2. The monoisotopic (exact) mass is 572 g/mol. The highest BCUT2D eigenvalue weighted by Gasteiger charge is 2.43. The zero-order chi connectivity index (χ0) is 30.0. The number of aryl methyl sites for hydroxylation is 1. The Kier molecular flexibility index (Phi) is 9.03. The largest absolute Gasteiger partial charge is 0.378 e. The van der Waals surface area contributed by atoms with Crippen molar-refractivity contribution in [3.8, 4) is 0 Å². The van der Waals surface area contributed by atoms with Crippen molar-refractivity contribution in [3.63, 3.8) is 0 Å². The van der Waals surface area contributed by atoms with Crippen LogP contribution in [-0.2, 0) is 14.9 Å². The molecule has 0 radical (unpaired) electrons. The van der Waals surface area contributed by atoms with Gasteiger partial charge in [0.15, 0.2) is 0 Å². The van der Waals surface area contributed by atoms with Gasteiger partial charge in [0.25, 0.3) is 5.91 Å². The van der Waals surface area contributed by atoms with Crippen molar-refractivity contribution in [1.82, 2.24) is 4.90 Å². The van der Waals surface area contributed by atoms with Crippen LogP contribution in [0, 0.1) is 30.5 Å². The highest BCUT2D eigenvalue weighted by Crippen LogP contribution is 2.37. The Labute approximate surface area is 250 Å². The van der Waals surface area contributed by atoms with E-state index in [1.165, 1.54) is 11.6 Å². The molecule has 2 fully saturated rings. The predicted octanol–water partition coefficient (Wildman–Crippen LogP) is 7.61. The van der Waals surface area contributed by atoms with Gasteiger partial charge in [-0.3, -0.25) is 9.59 Å². The number of piperidine rings is 1. The van der Waals surface area contributed by atoms with Crippen molar-refractivity contribution < 1.29 is 18.7 Å². The number of amides is 2. The third-order valence-electron chi connectivity index (χ3n) is 9.17. The number of carbonyl (C=O) groups is 2. The molecule has 1 N–H and O–H groups in total. The van der Waals surface area contributed by atoms with E-state index in [0.717, 1.165) is 37.1 Å². The summed E-state index contributed by atoms with van der Waals surface area (Å²) in [5, 5.41) is 3.17. The quantitative estimate of drug-likeness (QED) is 0.388. The lowest BCUT2D eigenvalue weighted by Crippen LogP contribution is -2.55. The van der Waals surface area contributed by atoms with E-state index >= 15 is 4.39 Å². The summed E-state index contributed by atoms with van der Waals surface area (Å²) in [6.07, 6.45) is 11.1. The number of benzene rings is 2. The van der Waals surface area contributed by atoms with Gasteiger partial charge in [-0.2, -0.15) is 0 Å². The summed E-state index contributed by atoms with van der Waals surface area (Å²) < 4.78 is 20.8. The first-order chi connectivity index (χ1) is 20.0. The van der Waals surface area contributed by atoms with E-state index in [1.807, 2.05) is 18.2 Å². The first-order valence-corrected chi connectivity index (χ1v) is 15.5. The fraction of sp³-hybridized carbons (Fsp3) is 0.500. The molecule has 2 unspecified atom stereocenters. The zero-order valence-corrected chi connectivity index (χ0v) is 25.7. The van der Waals surface area contributed by atoms with Gasteiger partial charge in [-0.25, -0.2) is 4.39 Å². The molecule has 2 aromatic carbocycles. The summed E-state index contributed by atoms with van der Waals surface area (Å²) in [5.41, 5.74) is 3.85. The van der Waals surface area contributed by atoms with Crippen molar-refractivity contribution in [1.29, 1.82) is 0 Å². The van der Waals surface area contributed by atoms with Gasteiger partial charge in [0.2, 0.25) is 5.91 Å². The van der Waals surface area contributed by atoms with Gasteiger partial charge in [-0.05, 0) is 86.6 Å². The van der Waals surface area contributed by atoms with Crippen LogP contribution in [-0.4, -0.2) is 42.0 Å². The highest BCUT2D eigenvalue weighted by molar-refractivity contribution is 5.98. The predicted molar refractivity (Wildman–Crippen MR) is 166 cm³/mol. The van der Waals surface area contributed by atoms with Crippen LogP contribution in [0.5, 0.6) is 0 Å². The van der Waals surface area contributed by atoms with E-state index in [-0.39, 0.29) is 34.8 Å². The highest BCUT2D eigenvalue weighted by atomic mass is 19.1.